The summed E-state index contributed by atoms with van der Waals surface area (Å²) in [4.78, 5) is 37.1. The fourth-order valence-electron chi connectivity index (χ4n) is 1.04. The van der Waals surface area contributed by atoms with Crippen LogP contribution in [0.3, 0.4) is 0 Å². The van der Waals surface area contributed by atoms with Crippen molar-refractivity contribution in [1.82, 2.24) is 15.6 Å². The normalized spacial score (nSPS) is 16.0. The SMILES string of the molecule is O=C1NC(=O)C(=Cc2nccs2)C(=O)N1. The largest absolute Gasteiger partial charge is 0.328 e. The van der Waals surface area contributed by atoms with Gasteiger partial charge in [-0.15, -0.1) is 11.3 Å². The number of carbonyl (C=O) groups excluding carboxylic acids is 3. The molecule has 1 aromatic heterocycles. The molecule has 0 bridgehead atoms. The Morgan fingerprint density at radius 3 is 2.40 bits per heavy atom. The maximum absolute atomic E-state index is 11.3. The summed E-state index contributed by atoms with van der Waals surface area (Å²) >= 11 is 1.29. The number of carbonyl (C=O) groups is 3. The summed E-state index contributed by atoms with van der Waals surface area (Å²) in [6, 6.07) is -0.804. The Labute approximate surface area is 88.0 Å². The van der Waals surface area contributed by atoms with Crippen LogP contribution >= 0.6 is 11.3 Å². The molecule has 6 nitrogen and oxygen atoms in total. The molecule has 0 atom stereocenters. The molecule has 0 radical (unpaired) electrons. The molecule has 1 aliphatic rings. The Kier molecular flexibility index (Phi) is 2.30. The number of thiazole rings is 1. The number of amides is 4. The van der Waals surface area contributed by atoms with E-state index in [4.69, 9.17) is 0 Å². The van der Waals surface area contributed by atoms with Crippen molar-refractivity contribution in [2.45, 2.75) is 0 Å². The zero-order valence-electron chi connectivity index (χ0n) is 7.31. The van der Waals surface area contributed by atoms with Crippen LogP contribution in [0, 0.1) is 0 Å². The molecule has 0 aliphatic carbocycles. The lowest BCUT2D eigenvalue weighted by atomic mass is 10.2. The van der Waals surface area contributed by atoms with Gasteiger partial charge >= 0.3 is 6.03 Å². The van der Waals surface area contributed by atoms with Crippen molar-refractivity contribution in [1.29, 1.82) is 0 Å². The van der Waals surface area contributed by atoms with Crippen molar-refractivity contribution in [3.8, 4) is 0 Å². The van der Waals surface area contributed by atoms with Gasteiger partial charge in [0, 0.05) is 11.6 Å². The summed E-state index contributed by atoms with van der Waals surface area (Å²) in [7, 11) is 0. The second kappa shape index (κ2) is 3.62. The highest BCUT2D eigenvalue weighted by Crippen LogP contribution is 2.11. The quantitative estimate of drug-likeness (QED) is 0.513. The number of urea groups is 1. The fraction of sp³-hybridized carbons (Fsp3) is 0. The number of hydrogen-bond donors (Lipinski definition) is 2. The molecule has 0 aromatic carbocycles. The molecule has 2 N–H and O–H groups in total. The Balaban J connectivity index is 2.32. The third-order valence-corrected chi connectivity index (χ3v) is 2.39. The first-order valence-electron chi connectivity index (χ1n) is 3.94. The number of barbiturate groups is 1. The number of hydrogen-bond acceptors (Lipinski definition) is 5. The van der Waals surface area contributed by atoms with Crippen LogP contribution in [0.5, 0.6) is 0 Å². The van der Waals surface area contributed by atoms with E-state index in [1.165, 1.54) is 17.4 Å². The molecule has 2 rings (SSSR count). The van der Waals surface area contributed by atoms with Crippen molar-refractivity contribution in [3.63, 3.8) is 0 Å². The van der Waals surface area contributed by atoms with Gasteiger partial charge < -0.3 is 0 Å². The standard InChI is InChI=1S/C8H5N3O3S/c12-6-4(3-5-9-1-2-15-5)7(13)11-8(14)10-6/h1-3H,(H2,10,11,12,13,14). The van der Waals surface area contributed by atoms with E-state index >= 15 is 0 Å². The van der Waals surface area contributed by atoms with Crippen LogP contribution in [0.4, 0.5) is 4.79 Å². The van der Waals surface area contributed by atoms with Crippen LogP contribution in [0.15, 0.2) is 17.2 Å². The smallest absolute Gasteiger partial charge is 0.273 e. The lowest BCUT2D eigenvalue weighted by Gasteiger charge is -2.13. The van der Waals surface area contributed by atoms with E-state index in [0.29, 0.717) is 5.01 Å². The maximum atomic E-state index is 11.3. The number of aromatic nitrogens is 1. The predicted octanol–water partition coefficient (Wildman–Crippen LogP) is -0.107. The third kappa shape index (κ3) is 1.91. The lowest BCUT2D eigenvalue weighted by Crippen LogP contribution is -2.51. The van der Waals surface area contributed by atoms with Gasteiger partial charge in [-0.05, 0) is 6.08 Å². The van der Waals surface area contributed by atoms with Gasteiger partial charge in [0.2, 0.25) is 0 Å². The van der Waals surface area contributed by atoms with Gasteiger partial charge in [0.1, 0.15) is 10.6 Å². The van der Waals surface area contributed by atoms with Gasteiger partial charge in [-0.25, -0.2) is 9.78 Å². The summed E-state index contributed by atoms with van der Waals surface area (Å²) in [5.41, 5.74) is -0.121. The minimum Gasteiger partial charge on any atom is -0.273 e. The van der Waals surface area contributed by atoms with E-state index in [1.807, 2.05) is 10.6 Å². The monoisotopic (exact) mass is 223 g/mol. The Morgan fingerprint density at radius 2 is 1.87 bits per heavy atom. The summed E-state index contributed by atoms with van der Waals surface area (Å²) in [6.07, 6.45) is 2.89. The van der Waals surface area contributed by atoms with Crippen molar-refractivity contribution in [2.75, 3.05) is 0 Å². The van der Waals surface area contributed by atoms with Crippen LogP contribution < -0.4 is 10.6 Å². The van der Waals surface area contributed by atoms with Crippen LogP contribution in [0.25, 0.3) is 6.08 Å². The molecule has 7 heteroatoms. The second-order valence-corrected chi connectivity index (χ2v) is 3.59. The average Bonchev–Trinajstić information content (AvgIpc) is 2.63. The topological polar surface area (TPSA) is 88.2 Å². The lowest BCUT2D eigenvalue weighted by molar-refractivity contribution is -0.123. The van der Waals surface area contributed by atoms with Crippen LogP contribution in [-0.2, 0) is 9.59 Å². The van der Waals surface area contributed by atoms with Gasteiger partial charge in [0.15, 0.2) is 0 Å². The summed E-state index contributed by atoms with van der Waals surface area (Å²) in [5, 5.41) is 6.19. The maximum Gasteiger partial charge on any atom is 0.328 e. The molecule has 1 fully saturated rings. The first-order valence-corrected chi connectivity index (χ1v) is 4.82. The Morgan fingerprint density at radius 1 is 1.20 bits per heavy atom. The van der Waals surface area contributed by atoms with E-state index in [0.717, 1.165) is 0 Å². The molecule has 0 saturated carbocycles. The van der Waals surface area contributed by atoms with Gasteiger partial charge in [-0.3, -0.25) is 20.2 Å². The van der Waals surface area contributed by atoms with Gasteiger partial charge in [-0.1, -0.05) is 0 Å². The van der Waals surface area contributed by atoms with E-state index in [-0.39, 0.29) is 5.57 Å². The zero-order chi connectivity index (χ0) is 10.8. The van der Waals surface area contributed by atoms with Crippen LogP contribution in [0.2, 0.25) is 0 Å². The molecule has 1 aromatic rings. The molecular weight excluding hydrogens is 218 g/mol. The van der Waals surface area contributed by atoms with Crippen LogP contribution in [0.1, 0.15) is 5.01 Å². The molecule has 4 amide bonds. The molecule has 1 aliphatic heterocycles. The fourth-order valence-corrected chi connectivity index (χ4v) is 1.60. The van der Waals surface area contributed by atoms with Crippen molar-refractivity contribution in [3.05, 3.63) is 22.2 Å². The third-order valence-electron chi connectivity index (χ3n) is 1.66. The second-order valence-electron chi connectivity index (χ2n) is 2.67. The van der Waals surface area contributed by atoms with Crippen molar-refractivity contribution >= 4 is 35.3 Å². The minimum absolute atomic E-state index is 0.121. The van der Waals surface area contributed by atoms with E-state index in [1.54, 1.807) is 11.6 Å². The Hall–Kier alpha value is -2.02. The number of nitrogens with zero attached hydrogens (tertiary/aromatic N) is 1. The number of imide groups is 2. The van der Waals surface area contributed by atoms with E-state index in [9.17, 15) is 14.4 Å². The van der Waals surface area contributed by atoms with Crippen molar-refractivity contribution < 1.29 is 14.4 Å². The first kappa shape index (κ1) is 9.53. The summed E-state index contributed by atoms with van der Waals surface area (Å²) in [6.45, 7) is 0. The highest BCUT2D eigenvalue weighted by Gasteiger charge is 2.27. The molecule has 15 heavy (non-hydrogen) atoms. The number of rotatable bonds is 1. The molecule has 0 unspecified atom stereocenters. The molecule has 0 spiro atoms. The highest BCUT2D eigenvalue weighted by molar-refractivity contribution is 7.10. The van der Waals surface area contributed by atoms with Gasteiger partial charge in [0.05, 0.1) is 0 Å². The van der Waals surface area contributed by atoms with E-state index < -0.39 is 17.8 Å². The molecular formula is C8H5N3O3S. The number of nitrogens with one attached hydrogen (secondary N) is 2. The van der Waals surface area contributed by atoms with Gasteiger partial charge in [0.25, 0.3) is 11.8 Å². The Bertz CT molecular complexity index is 441. The average molecular weight is 223 g/mol. The summed E-state index contributed by atoms with van der Waals surface area (Å²) in [5.74, 6) is -1.42. The minimum atomic E-state index is -0.804. The first-order chi connectivity index (χ1) is 7.16. The zero-order valence-corrected chi connectivity index (χ0v) is 8.13. The van der Waals surface area contributed by atoms with Crippen molar-refractivity contribution in [2.24, 2.45) is 0 Å². The van der Waals surface area contributed by atoms with E-state index in [2.05, 4.69) is 4.98 Å². The van der Waals surface area contributed by atoms with Gasteiger partial charge in [-0.2, -0.15) is 0 Å². The predicted molar refractivity (Wildman–Crippen MR) is 51.8 cm³/mol. The molecule has 2 heterocycles. The molecule has 1 saturated heterocycles. The summed E-state index contributed by atoms with van der Waals surface area (Å²) < 4.78 is 0. The molecule has 76 valence electrons. The van der Waals surface area contributed by atoms with Crippen LogP contribution in [-0.4, -0.2) is 22.8 Å². The highest BCUT2D eigenvalue weighted by atomic mass is 32.1.